The lowest BCUT2D eigenvalue weighted by molar-refractivity contribution is -0.125. The van der Waals surface area contributed by atoms with Crippen LogP contribution in [0.25, 0.3) is 0 Å². The van der Waals surface area contributed by atoms with Gasteiger partial charge in [0.05, 0.1) is 5.69 Å². The molecule has 0 aromatic heterocycles. The van der Waals surface area contributed by atoms with Crippen molar-refractivity contribution in [2.75, 3.05) is 23.4 Å². The van der Waals surface area contributed by atoms with Gasteiger partial charge in [0.25, 0.3) is 11.8 Å². The van der Waals surface area contributed by atoms with Crippen LogP contribution in [0.15, 0.2) is 48.5 Å². The van der Waals surface area contributed by atoms with Gasteiger partial charge in [-0.3, -0.25) is 9.59 Å². The SMILES string of the molecule is CCN1C(=O)C(C)Oc2ccc(NC(=O)COc3ccccc3)cc21. The van der Waals surface area contributed by atoms with Gasteiger partial charge in [0.2, 0.25) is 0 Å². The van der Waals surface area contributed by atoms with Crippen LogP contribution >= 0.6 is 0 Å². The molecule has 2 amide bonds. The Morgan fingerprint density at radius 1 is 1.24 bits per heavy atom. The Morgan fingerprint density at radius 2 is 2.00 bits per heavy atom. The van der Waals surface area contributed by atoms with Gasteiger partial charge in [-0.1, -0.05) is 18.2 Å². The predicted molar refractivity (Wildman–Crippen MR) is 95.1 cm³/mol. The zero-order chi connectivity index (χ0) is 17.8. The Hall–Kier alpha value is -3.02. The number of amides is 2. The van der Waals surface area contributed by atoms with Crippen LogP contribution in [0.1, 0.15) is 13.8 Å². The summed E-state index contributed by atoms with van der Waals surface area (Å²) in [5.41, 5.74) is 1.25. The minimum atomic E-state index is -0.507. The van der Waals surface area contributed by atoms with Crippen molar-refractivity contribution in [3.63, 3.8) is 0 Å². The topological polar surface area (TPSA) is 67.9 Å². The van der Waals surface area contributed by atoms with Crippen molar-refractivity contribution in [1.29, 1.82) is 0 Å². The Kier molecular flexibility index (Phi) is 4.88. The summed E-state index contributed by atoms with van der Waals surface area (Å²) in [6.45, 7) is 4.07. The van der Waals surface area contributed by atoms with Crippen molar-refractivity contribution in [3.05, 3.63) is 48.5 Å². The van der Waals surface area contributed by atoms with E-state index in [0.717, 1.165) is 0 Å². The van der Waals surface area contributed by atoms with E-state index in [1.807, 2.05) is 25.1 Å². The summed E-state index contributed by atoms with van der Waals surface area (Å²) in [7, 11) is 0. The van der Waals surface area contributed by atoms with Gasteiger partial charge >= 0.3 is 0 Å². The quantitative estimate of drug-likeness (QED) is 0.909. The zero-order valence-electron chi connectivity index (χ0n) is 14.2. The lowest BCUT2D eigenvalue weighted by Crippen LogP contribution is -2.44. The summed E-state index contributed by atoms with van der Waals surface area (Å²) >= 11 is 0. The average Bonchev–Trinajstić information content (AvgIpc) is 2.62. The molecule has 1 atom stereocenters. The van der Waals surface area contributed by atoms with Gasteiger partial charge in [-0.15, -0.1) is 0 Å². The molecule has 1 aliphatic heterocycles. The van der Waals surface area contributed by atoms with E-state index in [4.69, 9.17) is 9.47 Å². The molecule has 0 saturated heterocycles. The molecule has 6 nitrogen and oxygen atoms in total. The lowest BCUT2D eigenvalue weighted by atomic mass is 10.1. The lowest BCUT2D eigenvalue weighted by Gasteiger charge is -2.32. The number of para-hydroxylation sites is 1. The molecule has 130 valence electrons. The van der Waals surface area contributed by atoms with Crippen LogP contribution in [-0.4, -0.2) is 31.1 Å². The molecule has 1 N–H and O–H groups in total. The molecule has 6 heteroatoms. The fraction of sp³-hybridized carbons (Fsp3) is 0.263. The van der Waals surface area contributed by atoms with Crippen molar-refractivity contribution < 1.29 is 19.1 Å². The van der Waals surface area contributed by atoms with Crippen molar-refractivity contribution in [2.45, 2.75) is 20.0 Å². The number of carbonyl (C=O) groups is 2. The van der Waals surface area contributed by atoms with Crippen molar-refractivity contribution >= 4 is 23.2 Å². The molecular weight excluding hydrogens is 320 g/mol. The number of fused-ring (bicyclic) bond motifs is 1. The maximum Gasteiger partial charge on any atom is 0.267 e. The fourth-order valence-electron chi connectivity index (χ4n) is 2.67. The molecule has 0 aliphatic carbocycles. The van der Waals surface area contributed by atoms with E-state index in [0.29, 0.717) is 29.4 Å². The summed E-state index contributed by atoms with van der Waals surface area (Å²) < 4.78 is 11.0. The third-order valence-electron chi connectivity index (χ3n) is 3.88. The standard InChI is InChI=1S/C19H20N2O4/c1-3-21-16-11-14(9-10-17(16)25-13(2)19(21)23)20-18(22)12-24-15-7-5-4-6-8-15/h4-11,13H,3,12H2,1-2H3,(H,20,22). The van der Waals surface area contributed by atoms with E-state index >= 15 is 0 Å². The van der Waals surface area contributed by atoms with E-state index in [-0.39, 0.29) is 18.4 Å². The molecule has 0 saturated carbocycles. The summed E-state index contributed by atoms with van der Waals surface area (Å²) in [5, 5.41) is 2.78. The number of rotatable bonds is 5. The Balaban J connectivity index is 1.68. The van der Waals surface area contributed by atoms with Crippen LogP contribution in [0.5, 0.6) is 11.5 Å². The third kappa shape index (κ3) is 3.74. The molecule has 25 heavy (non-hydrogen) atoms. The van der Waals surface area contributed by atoms with Crippen molar-refractivity contribution in [1.82, 2.24) is 0 Å². The second-order valence-corrected chi connectivity index (χ2v) is 5.67. The van der Waals surface area contributed by atoms with Gasteiger partial charge in [0, 0.05) is 12.2 Å². The molecule has 0 radical (unpaired) electrons. The molecule has 1 heterocycles. The van der Waals surface area contributed by atoms with Crippen molar-refractivity contribution in [2.24, 2.45) is 0 Å². The number of ether oxygens (including phenoxy) is 2. The molecule has 2 aromatic rings. The van der Waals surface area contributed by atoms with E-state index in [1.165, 1.54) is 0 Å². The first-order chi connectivity index (χ1) is 12.1. The van der Waals surface area contributed by atoms with Gasteiger partial charge in [0.15, 0.2) is 12.7 Å². The highest BCUT2D eigenvalue weighted by Crippen LogP contribution is 2.36. The van der Waals surface area contributed by atoms with Crippen LogP contribution in [0, 0.1) is 0 Å². The first-order valence-corrected chi connectivity index (χ1v) is 8.18. The van der Waals surface area contributed by atoms with Crippen LogP contribution in [-0.2, 0) is 9.59 Å². The highest BCUT2D eigenvalue weighted by atomic mass is 16.5. The summed E-state index contributed by atoms with van der Waals surface area (Å²) in [6.07, 6.45) is -0.507. The molecular formula is C19H20N2O4. The van der Waals surface area contributed by atoms with Crippen LogP contribution in [0.2, 0.25) is 0 Å². The van der Waals surface area contributed by atoms with Crippen molar-refractivity contribution in [3.8, 4) is 11.5 Å². The van der Waals surface area contributed by atoms with Gasteiger partial charge in [-0.2, -0.15) is 0 Å². The van der Waals surface area contributed by atoms with E-state index < -0.39 is 6.10 Å². The summed E-state index contributed by atoms with van der Waals surface area (Å²) in [6, 6.07) is 14.4. The molecule has 1 unspecified atom stereocenters. The summed E-state index contributed by atoms with van der Waals surface area (Å²) in [4.78, 5) is 25.9. The second kappa shape index (κ2) is 7.25. The minimum absolute atomic E-state index is 0.0918. The number of hydrogen-bond donors (Lipinski definition) is 1. The van der Waals surface area contributed by atoms with Gasteiger partial charge in [0.1, 0.15) is 11.5 Å². The van der Waals surface area contributed by atoms with E-state index in [1.54, 1.807) is 42.2 Å². The summed E-state index contributed by atoms with van der Waals surface area (Å²) in [5.74, 6) is 0.898. The number of likely N-dealkylation sites (N-methyl/N-ethyl adjacent to an activating group) is 1. The van der Waals surface area contributed by atoms with Crippen LogP contribution < -0.4 is 19.7 Å². The number of carbonyl (C=O) groups excluding carboxylic acids is 2. The smallest absolute Gasteiger partial charge is 0.267 e. The number of hydrogen-bond acceptors (Lipinski definition) is 4. The molecule has 2 aromatic carbocycles. The average molecular weight is 340 g/mol. The van der Waals surface area contributed by atoms with Crippen LogP contribution in [0.4, 0.5) is 11.4 Å². The highest BCUT2D eigenvalue weighted by molar-refractivity contribution is 6.01. The molecule has 0 spiro atoms. The normalized spacial score (nSPS) is 16.0. The molecule has 0 bridgehead atoms. The van der Waals surface area contributed by atoms with E-state index in [2.05, 4.69) is 5.32 Å². The Bertz CT molecular complexity index is 776. The molecule has 1 aliphatic rings. The zero-order valence-corrected chi connectivity index (χ0v) is 14.2. The molecule has 0 fully saturated rings. The Labute approximate surface area is 146 Å². The monoisotopic (exact) mass is 340 g/mol. The van der Waals surface area contributed by atoms with Crippen LogP contribution in [0.3, 0.4) is 0 Å². The first kappa shape index (κ1) is 16.8. The third-order valence-corrected chi connectivity index (χ3v) is 3.88. The second-order valence-electron chi connectivity index (χ2n) is 5.67. The molecule has 3 rings (SSSR count). The van der Waals surface area contributed by atoms with E-state index in [9.17, 15) is 9.59 Å². The number of benzene rings is 2. The fourth-order valence-corrected chi connectivity index (χ4v) is 2.67. The van der Waals surface area contributed by atoms with Gasteiger partial charge < -0.3 is 19.7 Å². The largest absolute Gasteiger partial charge is 0.484 e. The first-order valence-electron chi connectivity index (χ1n) is 8.18. The van der Waals surface area contributed by atoms with Gasteiger partial charge in [-0.25, -0.2) is 0 Å². The van der Waals surface area contributed by atoms with Gasteiger partial charge in [-0.05, 0) is 44.2 Å². The highest BCUT2D eigenvalue weighted by Gasteiger charge is 2.30. The maximum absolute atomic E-state index is 12.2. The maximum atomic E-state index is 12.2. The number of nitrogens with zero attached hydrogens (tertiary/aromatic N) is 1. The Morgan fingerprint density at radius 3 is 2.72 bits per heavy atom. The number of nitrogens with one attached hydrogen (secondary N) is 1. The number of anilines is 2. The predicted octanol–water partition coefficient (Wildman–Crippen LogP) is 2.84. The minimum Gasteiger partial charge on any atom is -0.484 e.